The Kier molecular flexibility index (Phi) is 3.22. The van der Waals surface area contributed by atoms with E-state index >= 15 is 0 Å². The van der Waals surface area contributed by atoms with Crippen LogP contribution in [-0.4, -0.2) is 17.6 Å². The summed E-state index contributed by atoms with van der Waals surface area (Å²) in [6, 6.07) is 13.4. The average molecular weight is 253 g/mol. The molecule has 2 heterocycles. The first-order valence-corrected chi connectivity index (χ1v) is 6.77. The topological polar surface area (TPSA) is 42.1 Å². The number of hydrogen-bond acceptors (Lipinski definition) is 3. The summed E-state index contributed by atoms with van der Waals surface area (Å²) in [6.07, 6.45) is 4.82. The first-order valence-electron chi connectivity index (χ1n) is 6.77. The third-order valence-corrected chi connectivity index (χ3v) is 3.89. The second kappa shape index (κ2) is 5.02. The summed E-state index contributed by atoms with van der Waals surface area (Å²) in [5.41, 5.74) is 9.95. The normalized spacial score (nSPS) is 19.3. The molecule has 2 unspecified atom stereocenters. The molecule has 2 N–H and O–H groups in total. The Bertz CT molecular complexity index is 553. The van der Waals surface area contributed by atoms with E-state index in [1.54, 1.807) is 6.20 Å². The molecule has 0 spiro atoms. The van der Waals surface area contributed by atoms with Crippen LogP contribution in [0.2, 0.25) is 0 Å². The number of hydrogen-bond donors (Lipinski definition) is 1. The molecule has 3 heteroatoms. The number of aromatic nitrogens is 1. The molecule has 0 aliphatic carbocycles. The molecule has 0 amide bonds. The molecule has 0 saturated carbocycles. The van der Waals surface area contributed by atoms with Crippen LogP contribution >= 0.6 is 0 Å². The molecule has 1 aliphatic heterocycles. The quantitative estimate of drug-likeness (QED) is 0.914. The van der Waals surface area contributed by atoms with Gasteiger partial charge in [-0.3, -0.25) is 4.98 Å². The zero-order valence-electron chi connectivity index (χ0n) is 11.2. The third kappa shape index (κ3) is 2.10. The van der Waals surface area contributed by atoms with Crippen molar-refractivity contribution in [2.75, 3.05) is 11.4 Å². The zero-order valence-corrected chi connectivity index (χ0v) is 11.2. The minimum Gasteiger partial charge on any atom is -0.360 e. The van der Waals surface area contributed by atoms with Crippen LogP contribution in [0, 0.1) is 0 Å². The van der Waals surface area contributed by atoms with E-state index in [9.17, 15) is 0 Å². The standard InChI is InChI=1S/C16H19N3/c1-12-9-13-5-2-3-7-15(13)19(12)16(10-17)14-6-4-8-18-11-14/h2-8,11-12,16H,9-10,17H2,1H3. The van der Waals surface area contributed by atoms with Crippen molar-refractivity contribution < 1.29 is 0 Å². The summed E-state index contributed by atoms with van der Waals surface area (Å²) in [5.74, 6) is 0. The number of fused-ring (bicyclic) bond motifs is 1. The Morgan fingerprint density at radius 3 is 2.89 bits per heavy atom. The van der Waals surface area contributed by atoms with E-state index in [1.165, 1.54) is 16.8 Å². The molecule has 1 aromatic carbocycles. The molecule has 98 valence electrons. The predicted molar refractivity (Wildman–Crippen MR) is 78.1 cm³/mol. The van der Waals surface area contributed by atoms with Gasteiger partial charge in [-0.1, -0.05) is 24.3 Å². The summed E-state index contributed by atoms with van der Waals surface area (Å²) in [4.78, 5) is 6.66. The molecule has 0 fully saturated rings. The lowest BCUT2D eigenvalue weighted by Gasteiger charge is -2.33. The number of rotatable bonds is 3. The van der Waals surface area contributed by atoms with Gasteiger partial charge < -0.3 is 10.6 Å². The van der Waals surface area contributed by atoms with Gasteiger partial charge in [0.25, 0.3) is 0 Å². The van der Waals surface area contributed by atoms with E-state index in [0.717, 1.165) is 6.42 Å². The van der Waals surface area contributed by atoms with Crippen molar-refractivity contribution in [1.82, 2.24) is 4.98 Å². The summed E-state index contributed by atoms with van der Waals surface area (Å²) in [5, 5.41) is 0. The average Bonchev–Trinajstić information content (AvgIpc) is 2.78. The van der Waals surface area contributed by atoms with Crippen LogP contribution in [0.5, 0.6) is 0 Å². The SMILES string of the molecule is CC1Cc2ccccc2N1C(CN)c1cccnc1. The van der Waals surface area contributed by atoms with E-state index in [1.807, 2.05) is 12.3 Å². The zero-order chi connectivity index (χ0) is 13.2. The number of para-hydroxylation sites is 1. The highest BCUT2D eigenvalue weighted by molar-refractivity contribution is 5.60. The van der Waals surface area contributed by atoms with Gasteiger partial charge in [-0.05, 0) is 36.6 Å². The number of nitrogens with two attached hydrogens (primary N) is 1. The Morgan fingerprint density at radius 2 is 2.16 bits per heavy atom. The van der Waals surface area contributed by atoms with Gasteiger partial charge in [0.05, 0.1) is 6.04 Å². The van der Waals surface area contributed by atoms with Gasteiger partial charge in [0.1, 0.15) is 0 Å². The summed E-state index contributed by atoms with van der Waals surface area (Å²) < 4.78 is 0. The smallest absolute Gasteiger partial charge is 0.0682 e. The van der Waals surface area contributed by atoms with Crippen molar-refractivity contribution in [2.24, 2.45) is 5.73 Å². The van der Waals surface area contributed by atoms with Crippen molar-refractivity contribution in [3.63, 3.8) is 0 Å². The summed E-state index contributed by atoms with van der Waals surface area (Å²) in [7, 11) is 0. The first kappa shape index (κ1) is 12.2. The van der Waals surface area contributed by atoms with Crippen LogP contribution in [0.1, 0.15) is 24.1 Å². The van der Waals surface area contributed by atoms with Gasteiger partial charge in [0.15, 0.2) is 0 Å². The lowest BCUT2D eigenvalue weighted by atomic mass is 10.1. The fraction of sp³-hybridized carbons (Fsp3) is 0.312. The molecule has 2 aromatic rings. The number of pyridine rings is 1. The molecule has 3 nitrogen and oxygen atoms in total. The van der Waals surface area contributed by atoms with Crippen molar-refractivity contribution in [3.05, 3.63) is 59.9 Å². The first-order chi connectivity index (χ1) is 9.31. The Balaban J connectivity index is 2.01. The van der Waals surface area contributed by atoms with E-state index in [4.69, 9.17) is 5.73 Å². The maximum Gasteiger partial charge on any atom is 0.0682 e. The van der Waals surface area contributed by atoms with E-state index in [0.29, 0.717) is 12.6 Å². The lowest BCUT2D eigenvalue weighted by Crippen LogP contribution is -2.37. The maximum atomic E-state index is 6.03. The molecule has 3 rings (SSSR count). The van der Waals surface area contributed by atoms with Crippen molar-refractivity contribution in [3.8, 4) is 0 Å². The van der Waals surface area contributed by atoms with Crippen LogP contribution in [0.25, 0.3) is 0 Å². The van der Waals surface area contributed by atoms with Crippen LogP contribution in [0.3, 0.4) is 0 Å². The highest BCUT2D eigenvalue weighted by Crippen LogP contribution is 2.37. The Hall–Kier alpha value is -1.87. The fourth-order valence-corrected chi connectivity index (χ4v) is 3.05. The highest BCUT2D eigenvalue weighted by atomic mass is 15.2. The molecule has 0 saturated heterocycles. The number of anilines is 1. The van der Waals surface area contributed by atoms with Gasteiger partial charge >= 0.3 is 0 Å². The van der Waals surface area contributed by atoms with Crippen LogP contribution in [0.15, 0.2) is 48.8 Å². The number of benzene rings is 1. The van der Waals surface area contributed by atoms with Crippen molar-refractivity contribution in [1.29, 1.82) is 0 Å². The largest absolute Gasteiger partial charge is 0.360 e. The molecular weight excluding hydrogens is 234 g/mol. The van der Waals surface area contributed by atoms with Crippen LogP contribution in [0.4, 0.5) is 5.69 Å². The van der Waals surface area contributed by atoms with E-state index in [2.05, 4.69) is 47.1 Å². The molecule has 1 aliphatic rings. The van der Waals surface area contributed by atoms with Crippen LogP contribution < -0.4 is 10.6 Å². The third-order valence-electron chi connectivity index (χ3n) is 3.89. The molecule has 0 bridgehead atoms. The second-order valence-electron chi connectivity index (χ2n) is 5.13. The second-order valence-corrected chi connectivity index (χ2v) is 5.13. The van der Waals surface area contributed by atoms with Crippen LogP contribution in [-0.2, 0) is 6.42 Å². The van der Waals surface area contributed by atoms with Gasteiger partial charge in [-0.2, -0.15) is 0 Å². The monoisotopic (exact) mass is 253 g/mol. The summed E-state index contributed by atoms with van der Waals surface area (Å²) in [6.45, 7) is 2.86. The van der Waals surface area contributed by atoms with E-state index < -0.39 is 0 Å². The van der Waals surface area contributed by atoms with Gasteiger partial charge in [0.2, 0.25) is 0 Å². The van der Waals surface area contributed by atoms with Gasteiger partial charge in [0, 0.05) is 30.7 Å². The molecule has 2 atom stereocenters. The molecule has 0 radical (unpaired) electrons. The van der Waals surface area contributed by atoms with Gasteiger partial charge in [-0.15, -0.1) is 0 Å². The Morgan fingerprint density at radius 1 is 1.32 bits per heavy atom. The maximum absolute atomic E-state index is 6.03. The van der Waals surface area contributed by atoms with Crippen molar-refractivity contribution in [2.45, 2.75) is 25.4 Å². The van der Waals surface area contributed by atoms with Gasteiger partial charge in [-0.25, -0.2) is 0 Å². The molecule has 1 aromatic heterocycles. The Labute approximate surface area is 114 Å². The molecular formula is C16H19N3. The highest BCUT2D eigenvalue weighted by Gasteiger charge is 2.31. The fourth-order valence-electron chi connectivity index (χ4n) is 3.05. The van der Waals surface area contributed by atoms with Crippen molar-refractivity contribution >= 4 is 5.69 Å². The predicted octanol–water partition coefficient (Wildman–Crippen LogP) is 2.53. The minimum atomic E-state index is 0.201. The lowest BCUT2D eigenvalue weighted by molar-refractivity contribution is 0.568. The molecule has 19 heavy (non-hydrogen) atoms. The number of nitrogens with zero attached hydrogens (tertiary/aromatic N) is 2. The summed E-state index contributed by atoms with van der Waals surface area (Å²) >= 11 is 0. The minimum absolute atomic E-state index is 0.201. The van der Waals surface area contributed by atoms with E-state index in [-0.39, 0.29) is 6.04 Å².